The molecule has 0 bridgehead atoms. The third-order valence-electron chi connectivity index (χ3n) is 5.43. The van der Waals surface area contributed by atoms with Crippen molar-refractivity contribution < 1.29 is 23.9 Å². The van der Waals surface area contributed by atoms with Crippen LogP contribution in [0.25, 0.3) is 0 Å². The first-order valence-corrected chi connectivity index (χ1v) is 11.0. The number of carbonyl (C=O) groups excluding carboxylic acids is 3. The molecular weight excluding hydrogens is 408 g/mol. The summed E-state index contributed by atoms with van der Waals surface area (Å²) in [7, 11) is 0. The van der Waals surface area contributed by atoms with Crippen LogP contribution in [0.4, 0.5) is 0 Å². The lowest BCUT2D eigenvalue weighted by Crippen LogP contribution is -2.46. The van der Waals surface area contributed by atoms with Crippen LogP contribution < -0.4 is 14.8 Å². The van der Waals surface area contributed by atoms with Crippen LogP contribution in [0.5, 0.6) is 11.5 Å². The zero-order chi connectivity index (χ0) is 22.9. The van der Waals surface area contributed by atoms with Crippen LogP contribution in [0.1, 0.15) is 48.5 Å². The summed E-state index contributed by atoms with van der Waals surface area (Å²) in [5, 5.41) is 3.01. The molecule has 1 N–H and O–H groups in total. The average molecular weight is 439 g/mol. The predicted octanol–water partition coefficient (Wildman–Crippen LogP) is 3.50. The predicted molar refractivity (Wildman–Crippen MR) is 121 cm³/mol. The van der Waals surface area contributed by atoms with Gasteiger partial charge in [-0.2, -0.15) is 0 Å². The van der Waals surface area contributed by atoms with E-state index in [0.29, 0.717) is 56.7 Å². The van der Waals surface area contributed by atoms with Crippen molar-refractivity contribution in [3.8, 4) is 11.5 Å². The SMILES string of the molecule is CC(=O)Oc1cccc(C(=O)NC2CCN(C(=O)CCCOc3ccccc3C)CC2)c1. The van der Waals surface area contributed by atoms with Crippen molar-refractivity contribution in [3.05, 3.63) is 59.7 Å². The molecule has 0 atom stereocenters. The van der Waals surface area contributed by atoms with Gasteiger partial charge in [0.2, 0.25) is 5.91 Å². The highest BCUT2D eigenvalue weighted by Crippen LogP contribution is 2.18. The molecule has 1 fully saturated rings. The molecule has 2 aromatic rings. The summed E-state index contributed by atoms with van der Waals surface area (Å²) in [5.41, 5.74) is 1.52. The summed E-state index contributed by atoms with van der Waals surface area (Å²) in [4.78, 5) is 38.0. The molecule has 7 nitrogen and oxygen atoms in total. The van der Waals surface area contributed by atoms with Crippen LogP contribution in [0.15, 0.2) is 48.5 Å². The Balaban J connectivity index is 1.38. The summed E-state index contributed by atoms with van der Waals surface area (Å²) in [6.45, 7) is 5.07. The topological polar surface area (TPSA) is 84.9 Å². The van der Waals surface area contributed by atoms with Crippen molar-refractivity contribution in [2.24, 2.45) is 0 Å². The van der Waals surface area contributed by atoms with E-state index in [0.717, 1.165) is 11.3 Å². The standard InChI is InChI=1S/C25H30N2O5/c1-18-7-3-4-10-23(18)31-16-6-11-24(29)27-14-12-21(13-15-27)26-25(30)20-8-5-9-22(17-20)32-19(2)28/h3-5,7-10,17,21H,6,11-16H2,1-2H3,(H,26,30). The van der Waals surface area contributed by atoms with Gasteiger partial charge in [0.1, 0.15) is 11.5 Å². The third kappa shape index (κ3) is 6.83. The number of nitrogens with one attached hydrogen (secondary N) is 1. The number of aryl methyl sites for hydroxylation is 1. The molecule has 32 heavy (non-hydrogen) atoms. The van der Waals surface area contributed by atoms with Crippen molar-refractivity contribution in [3.63, 3.8) is 0 Å². The van der Waals surface area contributed by atoms with E-state index >= 15 is 0 Å². The first-order valence-electron chi connectivity index (χ1n) is 11.0. The monoisotopic (exact) mass is 438 g/mol. The number of benzene rings is 2. The molecule has 3 rings (SSSR count). The van der Waals surface area contributed by atoms with Gasteiger partial charge in [0.15, 0.2) is 0 Å². The second kappa shape index (κ2) is 11.3. The van der Waals surface area contributed by atoms with E-state index in [1.807, 2.05) is 36.1 Å². The van der Waals surface area contributed by atoms with E-state index in [4.69, 9.17) is 9.47 Å². The third-order valence-corrected chi connectivity index (χ3v) is 5.43. The smallest absolute Gasteiger partial charge is 0.308 e. The van der Waals surface area contributed by atoms with Crippen LogP contribution in [-0.4, -0.2) is 48.4 Å². The zero-order valence-electron chi connectivity index (χ0n) is 18.6. The number of piperidine rings is 1. The van der Waals surface area contributed by atoms with E-state index in [2.05, 4.69) is 5.32 Å². The molecule has 0 saturated carbocycles. The lowest BCUT2D eigenvalue weighted by atomic mass is 10.0. The number of carbonyl (C=O) groups is 3. The summed E-state index contributed by atoms with van der Waals surface area (Å²) >= 11 is 0. The highest BCUT2D eigenvalue weighted by molar-refractivity contribution is 5.95. The summed E-state index contributed by atoms with van der Waals surface area (Å²) in [6.07, 6.45) is 2.54. The lowest BCUT2D eigenvalue weighted by molar-refractivity contribution is -0.133. The van der Waals surface area contributed by atoms with Gasteiger partial charge < -0.3 is 19.7 Å². The summed E-state index contributed by atoms with van der Waals surface area (Å²) < 4.78 is 10.8. The Morgan fingerprint density at radius 2 is 1.81 bits per heavy atom. The quantitative estimate of drug-likeness (QED) is 0.387. The van der Waals surface area contributed by atoms with Gasteiger partial charge in [-0.05, 0) is 56.0 Å². The number of rotatable bonds is 8. The molecule has 0 aliphatic carbocycles. The van der Waals surface area contributed by atoms with Gasteiger partial charge in [0.05, 0.1) is 6.61 Å². The highest BCUT2D eigenvalue weighted by Gasteiger charge is 2.24. The van der Waals surface area contributed by atoms with Crippen LogP contribution in [0, 0.1) is 6.92 Å². The minimum atomic E-state index is -0.429. The maximum absolute atomic E-state index is 12.5. The van der Waals surface area contributed by atoms with Gasteiger partial charge in [-0.1, -0.05) is 24.3 Å². The Morgan fingerprint density at radius 3 is 2.53 bits per heavy atom. The Hall–Kier alpha value is -3.35. The van der Waals surface area contributed by atoms with Gasteiger partial charge in [-0.25, -0.2) is 0 Å². The second-order valence-corrected chi connectivity index (χ2v) is 7.97. The molecule has 2 aromatic carbocycles. The maximum Gasteiger partial charge on any atom is 0.308 e. The highest BCUT2D eigenvalue weighted by atomic mass is 16.5. The average Bonchev–Trinajstić information content (AvgIpc) is 2.78. The first kappa shape index (κ1) is 23.3. The van der Waals surface area contributed by atoms with Crippen molar-refractivity contribution in [1.29, 1.82) is 0 Å². The molecule has 1 aliphatic heterocycles. The van der Waals surface area contributed by atoms with Crippen LogP contribution in [-0.2, 0) is 9.59 Å². The Kier molecular flexibility index (Phi) is 8.25. The first-order chi connectivity index (χ1) is 15.4. The minimum absolute atomic E-state index is 0.00770. The van der Waals surface area contributed by atoms with E-state index in [1.54, 1.807) is 24.3 Å². The molecule has 1 aliphatic rings. The number of para-hydroxylation sites is 1. The fraction of sp³-hybridized carbons (Fsp3) is 0.400. The molecule has 1 saturated heterocycles. The molecule has 0 aromatic heterocycles. The van der Waals surface area contributed by atoms with Gasteiger partial charge in [0, 0.05) is 38.0 Å². The van der Waals surface area contributed by atoms with Gasteiger partial charge in [0.25, 0.3) is 5.91 Å². The lowest BCUT2D eigenvalue weighted by Gasteiger charge is -2.32. The second-order valence-electron chi connectivity index (χ2n) is 7.97. The largest absolute Gasteiger partial charge is 0.493 e. The number of ether oxygens (including phenoxy) is 2. The van der Waals surface area contributed by atoms with Gasteiger partial charge >= 0.3 is 5.97 Å². The zero-order valence-corrected chi connectivity index (χ0v) is 18.6. The molecule has 7 heteroatoms. The molecule has 0 radical (unpaired) electrons. The van der Waals surface area contributed by atoms with Gasteiger partial charge in [-0.15, -0.1) is 0 Å². The van der Waals surface area contributed by atoms with E-state index in [1.165, 1.54) is 6.92 Å². The number of esters is 1. The maximum atomic E-state index is 12.5. The number of hydrogen-bond donors (Lipinski definition) is 1. The van der Waals surface area contributed by atoms with E-state index in [-0.39, 0.29) is 17.9 Å². The van der Waals surface area contributed by atoms with Crippen molar-refractivity contribution in [2.45, 2.75) is 45.6 Å². The Labute approximate surface area is 188 Å². The Morgan fingerprint density at radius 1 is 1.06 bits per heavy atom. The fourth-order valence-corrected chi connectivity index (χ4v) is 3.69. The van der Waals surface area contributed by atoms with Crippen molar-refractivity contribution in [1.82, 2.24) is 10.2 Å². The minimum Gasteiger partial charge on any atom is -0.493 e. The van der Waals surface area contributed by atoms with Gasteiger partial charge in [-0.3, -0.25) is 14.4 Å². The molecule has 2 amide bonds. The van der Waals surface area contributed by atoms with Crippen LogP contribution >= 0.6 is 0 Å². The molecule has 0 spiro atoms. The van der Waals surface area contributed by atoms with Crippen LogP contribution in [0.2, 0.25) is 0 Å². The number of nitrogens with zero attached hydrogens (tertiary/aromatic N) is 1. The van der Waals surface area contributed by atoms with E-state index in [9.17, 15) is 14.4 Å². The molecule has 0 unspecified atom stereocenters. The van der Waals surface area contributed by atoms with Crippen LogP contribution in [0.3, 0.4) is 0 Å². The van der Waals surface area contributed by atoms with Crippen molar-refractivity contribution in [2.75, 3.05) is 19.7 Å². The molecule has 170 valence electrons. The normalized spacial score (nSPS) is 14.0. The number of hydrogen-bond acceptors (Lipinski definition) is 5. The number of likely N-dealkylation sites (tertiary alicyclic amines) is 1. The Bertz CT molecular complexity index is 951. The molecular formula is C25H30N2O5. The summed E-state index contributed by atoms with van der Waals surface area (Å²) in [6, 6.07) is 14.4. The fourth-order valence-electron chi connectivity index (χ4n) is 3.69. The van der Waals surface area contributed by atoms with Crippen molar-refractivity contribution >= 4 is 17.8 Å². The number of amides is 2. The molecule has 1 heterocycles. The summed E-state index contributed by atoms with van der Waals surface area (Å²) in [5.74, 6) is 0.683. The van der Waals surface area contributed by atoms with E-state index < -0.39 is 5.97 Å².